The number of benzene rings is 1. The average molecular weight is 382 g/mol. The van der Waals surface area contributed by atoms with E-state index in [1.165, 1.54) is 16.7 Å². The molecule has 3 heteroatoms. The summed E-state index contributed by atoms with van der Waals surface area (Å²) in [5.74, 6) is 0. The van der Waals surface area contributed by atoms with Crippen LogP contribution in [0.2, 0.25) is 18.1 Å². The number of aryl methyl sites for hydroxylation is 1. The summed E-state index contributed by atoms with van der Waals surface area (Å²) in [7, 11) is -1.95. The predicted molar refractivity (Wildman–Crippen MR) is 119 cm³/mol. The standard InChI is InChI=1S/C24H35NOSi/c1-19-13-9-10-14-21(19)20(2)16-17-24(6,22-15-11-12-18-25-22)26-27(7,8)23(3,4)5/h9-16,18H,17H2,1-8H3/b20-16+. The van der Waals surface area contributed by atoms with Crippen molar-refractivity contribution in [3.8, 4) is 0 Å². The van der Waals surface area contributed by atoms with E-state index in [1.54, 1.807) is 0 Å². The summed E-state index contributed by atoms with van der Waals surface area (Å²) >= 11 is 0. The fraction of sp³-hybridized carbons (Fsp3) is 0.458. The lowest BCUT2D eigenvalue weighted by atomic mass is 9.94. The van der Waals surface area contributed by atoms with E-state index in [1.807, 2.05) is 18.3 Å². The molecule has 0 saturated carbocycles. The fourth-order valence-corrected chi connectivity index (χ4v) is 4.68. The zero-order valence-electron chi connectivity index (χ0n) is 18.3. The number of nitrogens with zero attached hydrogens (tertiary/aromatic N) is 1. The summed E-state index contributed by atoms with van der Waals surface area (Å²) in [4.78, 5) is 4.65. The Balaban J connectivity index is 2.39. The van der Waals surface area contributed by atoms with Crippen LogP contribution < -0.4 is 0 Å². The van der Waals surface area contributed by atoms with Gasteiger partial charge in [0, 0.05) is 6.20 Å². The van der Waals surface area contributed by atoms with Gasteiger partial charge >= 0.3 is 0 Å². The fourth-order valence-electron chi connectivity index (χ4n) is 3.06. The van der Waals surface area contributed by atoms with Crippen LogP contribution in [0.3, 0.4) is 0 Å². The van der Waals surface area contributed by atoms with Crippen molar-refractivity contribution in [1.29, 1.82) is 0 Å². The first kappa shape index (κ1) is 21.6. The van der Waals surface area contributed by atoms with Gasteiger partial charge in [0.2, 0.25) is 0 Å². The molecule has 0 aliphatic rings. The molecule has 0 N–H and O–H groups in total. The van der Waals surface area contributed by atoms with Gasteiger partial charge in [-0.15, -0.1) is 0 Å². The summed E-state index contributed by atoms with van der Waals surface area (Å²) in [5, 5.41) is 0.151. The van der Waals surface area contributed by atoms with Gasteiger partial charge in [-0.05, 0) is 74.2 Å². The molecule has 0 radical (unpaired) electrons. The highest BCUT2D eigenvalue weighted by molar-refractivity contribution is 6.74. The number of allylic oxidation sites excluding steroid dienone is 1. The van der Waals surface area contributed by atoms with Crippen LogP contribution in [0.25, 0.3) is 5.57 Å². The second kappa shape index (κ2) is 8.11. The molecule has 0 bridgehead atoms. The number of pyridine rings is 1. The lowest BCUT2D eigenvalue weighted by molar-refractivity contribution is 0.0683. The largest absolute Gasteiger partial charge is 0.406 e. The Bertz CT molecular complexity index is 790. The molecule has 0 aliphatic carbocycles. The zero-order valence-corrected chi connectivity index (χ0v) is 19.3. The van der Waals surface area contributed by atoms with Crippen molar-refractivity contribution in [1.82, 2.24) is 4.98 Å². The van der Waals surface area contributed by atoms with Gasteiger partial charge in [0.1, 0.15) is 0 Å². The van der Waals surface area contributed by atoms with Gasteiger partial charge in [-0.1, -0.05) is 57.2 Å². The van der Waals surface area contributed by atoms with Crippen LogP contribution in [-0.4, -0.2) is 13.3 Å². The van der Waals surface area contributed by atoms with Crippen LogP contribution in [0.15, 0.2) is 54.7 Å². The van der Waals surface area contributed by atoms with Crippen molar-refractivity contribution in [3.05, 3.63) is 71.6 Å². The van der Waals surface area contributed by atoms with Gasteiger partial charge in [0.15, 0.2) is 8.32 Å². The molecule has 2 aromatic rings. The van der Waals surface area contributed by atoms with E-state index < -0.39 is 13.9 Å². The molecule has 1 aromatic carbocycles. The second-order valence-corrected chi connectivity index (χ2v) is 13.9. The minimum atomic E-state index is -1.95. The smallest absolute Gasteiger partial charge is 0.193 e. The first-order valence-electron chi connectivity index (χ1n) is 9.81. The molecular weight excluding hydrogens is 346 g/mol. The van der Waals surface area contributed by atoms with Crippen LogP contribution in [0, 0.1) is 6.92 Å². The number of rotatable bonds is 6. The lowest BCUT2D eigenvalue weighted by Crippen LogP contribution is -2.47. The van der Waals surface area contributed by atoms with Gasteiger partial charge in [-0.3, -0.25) is 4.98 Å². The molecule has 1 heterocycles. The highest BCUT2D eigenvalue weighted by Gasteiger charge is 2.43. The van der Waals surface area contributed by atoms with Crippen molar-refractivity contribution in [2.45, 2.75) is 71.7 Å². The monoisotopic (exact) mass is 381 g/mol. The van der Waals surface area contributed by atoms with Gasteiger partial charge in [-0.2, -0.15) is 0 Å². The third kappa shape index (κ3) is 5.17. The molecule has 0 spiro atoms. The molecule has 1 atom stereocenters. The molecule has 27 heavy (non-hydrogen) atoms. The number of hydrogen-bond acceptors (Lipinski definition) is 2. The van der Waals surface area contributed by atoms with Crippen molar-refractivity contribution in [2.24, 2.45) is 0 Å². The van der Waals surface area contributed by atoms with E-state index in [9.17, 15) is 0 Å². The number of hydrogen-bond donors (Lipinski definition) is 0. The van der Waals surface area contributed by atoms with Crippen molar-refractivity contribution >= 4 is 13.9 Å². The van der Waals surface area contributed by atoms with E-state index in [-0.39, 0.29) is 5.04 Å². The van der Waals surface area contributed by atoms with E-state index in [4.69, 9.17) is 4.43 Å². The van der Waals surface area contributed by atoms with Crippen molar-refractivity contribution in [3.63, 3.8) is 0 Å². The van der Waals surface area contributed by atoms with Crippen LogP contribution >= 0.6 is 0 Å². The minimum absolute atomic E-state index is 0.151. The highest BCUT2D eigenvalue weighted by Crippen LogP contribution is 2.43. The molecule has 0 aliphatic heterocycles. The summed E-state index contributed by atoms with van der Waals surface area (Å²) < 4.78 is 6.92. The van der Waals surface area contributed by atoms with Gasteiger partial charge in [-0.25, -0.2) is 0 Å². The van der Waals surface area contributed by atoms with Crippen LogP contribution in [-0.2, 0) is 10.0 Å². The van der Waals surface area contributed by atoms with Crippen molar-refractivity contribution in [2.75, 3.05) is 0 Å². The van der Waals surface area contributed by atoms with Gasteiger partial charge in [0.05, 0.1) is 11.3 Å². The Morgan fingerprint density at radius 2 is 1.67 bits per heavy atom. The molecule has 2 nitrogen and oxygen atoms in total. The van der Waals surface area contributed by atoms with E-state index in [0.717, 1.165) is 12.1 Å². The highest BCUT2D eigenvalue weighted by atomic mass is 28.4. The maximum Gasteiger partial charge on any atom is 0.193 e. The lowest BCUT2D eigenvalue weighted by Gasteiger charge is -2.43. The Morgan fingerprint density at radius 1 is 1.04 bits per heavy atom. The first-order valence-corrected chi connectivity index (χ1v) is 12.7. The average Bonchev–Trinajstić information content (AvgIpc) is 2.59. The maximum absolute atomic E-state index is 6.92. The van der Waals surface area contributed by atoms with Crippen molar-refractivity contribution < 1.29 is 4.43 Å². The van der Waals surface area contributed by atoms with Crippen LogP contribution in [0.5, 0.6) is 0 Å². The van der Waals surface area contributed by atoms with Gasteiger partial charge < -0.3 is 4.43 Å². The molecule has 1 unspecified atom stereocenters. The zero-order chi connectivity index (χ0) is 20.3. The summed E-state index contributed by atoms with van der Waals surface area (Å²) in [6.07, 6.45) is 4.97. The van der Waals surface area contributed by atoms with E-state index in [2.05, 4.69) is 96.0 Å². The van der Waals surface area contributed by atoms with Crippen LogP contribution in [0.4, 0.5) is 0 Å². The minimum Gasteiger partial charge on any atom is -0.406 e. The molecule has 0 saturated heterocycles. The molecule has 2 rings (SSSR count). The summed E-state index contributed by atoms with van der Waals surface area (Å²) in [6, 6.07) is 14.6. The normalized spacial score (nSPS) is 15.5. The Labute approximate surface area is 166 Å². The maximum atomic E-state index is 6.92. The Morgan fingerprint density at radius 3 is 2.22 bits per heavy atom. The van der Waals surface area contributed by atoms with Gasteiger partial charge in [0.25, 0.3) is 0 Å². The van der Waals surface area contributed by atoms with E-state index >= 15 is 0 Å². The molecule has 1 aromatic heterocycles. The number of aromatic nitrogens is 1. The third-order valence-corrected chi connectivity index (χ3v) is 10.4. The topological polar surface area (TPSA) is 22.1 Å². The third-order valence-electron chi connectivity index (χ3n) is 5.86. The SMILES string of the molecule is C/C(=C\CC(C)(O[Si](C)(C)C(C)(C)C)c1ccccn1)c1ccccc1C. The Hall–Kier alpha value is -1.71. The van der Waals surface area contributed by atoms with E-state index in [0.29, 0.717) is 0 Å². The van der Waals surface area contributed by atoms with Crippen LogP contribution in [0.1, 0.15) is 57.9 Å². The summed E-state index contributed by atoms with van der Waals surface area (Å²) in [5.41, 5.74) is 4.45. The molecule has 146 valence electrons. The second-order valence-electron chi connectivity index (χ2n) is 9.21. The Kier molecular flexibility index (Phi) is 6.49. The molecular formula is C24H35NOSi. The predicted octanol–water partition coefficient (Wildman–Crippen LogP) is 7.12. The molecule has 0 amide bonds. The molecule has 0 fully saturated rings. The summed E-state index contributed by atoms with van der Waals surface area (Å²) in [6.45, 7) is 18.0. The quantitative estimate of drug-likeness (QED) is 0.497. The first-order chi connectivity index (χ1) is 12.5.